The van der Waals surface area contributed by atoms with E-state index in [2.05, 4.69) is 15.3 Å². The largest absolute Gasteiger partial charge is 0.472 e. The molecule has 0 bridgehead atoms. The summed E-state index contributed by atoms with van der Waals surface area (Å²) in [6.45, 7) is 10.1. The minimum Gasteiger partial charge on any atom is -0.472 e. The van der Waals surface area contributed by atoms with Crippen LogP contribution in [-0.4, -0.2) is 28.5 Å². The van der Waals surface area contributed by atoms with Crippen molar-refractivity contribution < 1.29 is 9.66 Å². The summed E-state index contributed by atoms with van der Waals surface area (Å²) in [4.78, 5) is 19.2. The topological polar surface area (TPSA) is 90.2 Å². The number of hydrogen-bond donors (Lipinski definition) is 1. The normalized spacial score (nSPS) is 11.6. The first-order valence-electron chi connectivity index (χ1n) is 6.54. The molecule has 112 valence electrons. The Labute approximate surface area is 118 Å². The molecule has 1 N–H and O–H groups in total. The van der Waals surface area contributed by atoms with Crippen LogP contribution in [0.4, 0.5) is 11.5 Å². The van der Waals surface area contributed by atoms with E-state index in [-0.39, 0.29) is 28.7 Å². The summed E-state index contributed by atoms with van der Waals surface area (Å²) in [6.07, 6.45) is 0. The van der Waals surface area contributed by atoms with Crippen molar-refractivity contribution in [3.63, 3.8) is 0 Å². The highest BCUT2D eigenvalue weighted by Crippen LogP contribution is 2.34. The summed E-state index contributed by atoms with van der Waals surface area (Å²) in [7, 11) is 1.59. The molecule has 1 heterocycles. The lowest BCUT2D eigenvalue weighted by atomic mass is 9.96. The van der Waals surface area contributed by atoms with Gasteiger partial charge in [0.1, 0.15) is 5.82 Å². The SMILES string of the molecule is CNc1nc(C(C)(C)C)nc(OCC(C)C)c1[N+](=O)[O-]. The molecule has 1 aromatic rings. The molecule has 0 saturated carbocycles. The lowest BCUT2D eigenvalue weighted by Crippen LogP contribution is -2.19. The van der Waals surface area contributed by atoms with Gasteiger partial charge in [-0.25, -0.2) is 4.98 Å². The quantitative estimate of drug-likeness (QED) is 0.659. The molecule has 0 unspecified atom stereocenters. The molecule has 0 atom stereocenters. The number of nitrogens with one attached hydrogen (secondary N) is 1. The van der Waals surface area contributed by atoms with Crippen LogP contribution in [0.3, 0.4) is 0 Å². The van der Waals surface area contributed by atoms with E-state index in [9.17, 15) is 10.1 Å². The smallest absolute Gasteiger partial charge is 0.372 e. The third kappa shape index (κ3) is 3.79. The lowest BCUT2D eigenvalue weighted by Gasteiger charge is -2.19. The van der Waals surface area contributed by atoms with Crippen molar-refractivity contribution in [2.24, 2.45) is 5.92 Å². The Morgan fingerprint density at radius 3 is 2.35 bits per heavy atom. The summed E-state index contributed by atoms with van der Waals surface area (Å²) in [5.41, 5.74) is -0.544. The molecule has 0 amide bonds. The summed E-state index contributed by atoms with van der Waals surface area (Å²) < 4.78 is 5.51. The number of anilines is 1. The number of rotatable bonds is 5. The Kier molecular flexibility index (Phi) is 4.86. The molecule has 7 heteroatoms. The minimum absolute atomic E-state index is 0.0213. The highest BCUT2D eigenvalue weighted by molar-refractivity contribution is 5.61. The van der Waals surface area contributed by atoms with E-state index in [1.165, 1.54) is 0 Å². The van der Waals surface area contributed by atoms with Crippen molar-refractivity contribution in [3.8, 4) is 5.88 Å². The van der Waals surface area contributed by atoms with Crippen LogP contribution in [0.5, 0.6) is 5.88 Å². The molecule has 0 fully saturated rings. The van der Waals surface area contributed by atoms with E-state index in [4.69, 9.17) is 4.74 Å². The number of nitrogens with zero attached hydrogens (tertiary/aromatic N) is 3. The minimum atomic E-state index is -0.520. The predicted octanol–water partition coefficient (Wildman–Crippen LogP) is 2.76. The van der Waals surface area contributed by atoms with Crippen LogP contribution in [0.2, 0.25) is 0 Å². The molecule has 1 aromatic heterocycles. The third-order valence-electron chi connectivity index (χ3n) is 2.50. The van der Waals surface area contributed by atoms with Gasteiger partial charge in [-0.05, 0) is 5.92 Å². The van der Waals surface area contributed by atoms with Gasteiger partial charge in [-0.2, -0.15) is 4.98 Å². The Hall–Kier alpha value is -1.92. The molecular weight excluding hydrogens is 260 g/mol. The van der Waals surface area contributed by atoms with Crippen molar-refractivity contribution >= 4 is 11.5 Å². The zero-order valence-corrected chi connectivity index (χ0v) is 12.9. The molecule has 0 aliphatic carbocycles. The van der Waals surface area contributed by atoms with Gasteiger partial charge < -0.3 is 10.1 Å². The fourth-order valence-corrected chi connectivity index (χ4v) is 1.45. The Bertz CT molecular complexity index is 495. The van der Waals surface area contributed by atoms with Crippen molar-refractivity contribution in [2.45, 2.75) is 40.0 Å². The standard InChI is InChI=1S/C13H22N4O3/c1-8(2)7-20-11-9(17(18)19)10(14-6)15-12(16-11)13(3,4)5/h8H,7H2,1-6H3,(H,14,15,16). The molecule has 0 aliphatic rings. The van der Waals surface area contributed by atoms with Gasteiger partial charge in [0.25, 0.3) is 5.88 Å². The second-order valence-corrected chi connectivity index (χ2v) is 6.01. The van der Waals surface area contributed by atoms with Gasteiger partial charge in [-0.3, -0.25) is 10.1 Å². The molecule has 0 saturated heterocycles. The molecule has 0 radical (unpaired) electrons. The summed E-state index contributed by atoms with van der Waals surface area (Å²) >= 11 is 0. The van der Waals surface area contributed by atoms with Gasteiger partial charge in [-0.15, -0.1) is 0 Å². The van der Waals surface area contributed by atoms with Crippen molar-refractivity contribution in [3.05, 3.63) is 15.9 Å². The van der Waals surface area contributed by atoms with E-state index in [1.54, 1.807) is 7.05 Å². The van der Waals surface area contributed by atoms with E-state index in [0.29, 0.717) is 12.4 Å². The van der Waals surface area contributed by atoms with Crippen molar-refractivity contribution in [2.75, 3.05) is 19.0 Å². The van der Waals surface area contributed by atoms with Crippen molar-refractivity contribution in [1.82, 2.24) is 9.97 Å². The van der Waals surface area contributed by atoms with E-state index in [1.807, 2.05) is 34.6 Å². The molecule has 1 rings (SSSR count). The molecule has 0 aromatic carbocycles. The van der Waals surface area contributed by atoms with Crippen molar-refractivity contribution in [1.29, 1.82) is 0 Å². The Balaban J connectivity index is 3.38. The van der Waals surface area contributed by atoms with Gasteiger partial charge in [-0.1, -0.05) is 34.6 Å². The maximum atomic E-state index is 11.2. The maximum absolute atomic E-state index is 11.2. The van der Waals surface area contributed by atoms with Gasteiger partial charge in [0.15, 0.2) is 0 Å². The van der Waals surface area contributed by atoms with Crippen LogP contribution in [0, 0.1) is 16.0 Å². The molecule has 20 heavy (non-hydrogen) atoms. The first-order valence-corrected chi connectivity index (χ1v) is 6.54. The van der Waals surface area contributed by atoms with Gasteiger partial charge >= 0.3 is 5.69 Å². The number of hydrogen-bond acceptors (Lipinski definition) is 6. The average molecular weight is 282 g/mol. The lowest BCUT2D eigenvalue weighted by molar-refractivity contribution is -0.385. The molecule has 0 aliphatic heterocycles. The second kappa shape index (κ2) is 6.02. The monoisotopic (exact) mass is 282 g/mol. The van der Waals surface area contributed by atoms with E-state index >= 15 is 0 Å². The fourth-order valence-electron chi connectivity index (χ4n) is 1.45. The predicted molar refractivity (Wildman–Crippen MR) is 77.3 cm³/mol. The summed E-state index contributed by atoms with van der Waals surface area (Å²) in [5, 5.41) is 14.0. The molecule has 7 nitrogen and oxygen atoms in total. The average Bonchev–Trinajstić information content (AvgIpc) is 2.33. The van der Waals surface area contributed by atoms with Crippen LogP contribution in [-0.2, 0) is 5.41 Å². The Morgan fingerprint density at radius 1 is 1.35 bits per heavy atom. The van der Waals surface area contributed by atoms with Crippen LogP contribution < -0.4 is 10.1 Å². The van der Waals surface area contributed by atoms with Crippen LogP contribution in [0.1, 0.15) is 40.4 Å². The van der Waals surface area contributed by atoms with Gasteiger partial charge in [0.2, 0.25) is 5.82 Å². The van der Waals surface area contributed by atoms with Crippen LogP contribution in [0.15, 0.2) is 0 Å². The van der Waals surface area contributed by atoms with Gasteiger partial charge in [0.05, 0.1) is 11.5 Å². The highest BCUT2D eigenvalue weighted by Gasteiger charge is 2.29. The fraction of sp³-hybridized carbons (Fsp3) is 0.692. The Morgan fingerprint density at radius 2 is 1.95 bits per heavy atom. The summed E-state index contributed by atoms with van der Waals surface area (Å²) in [5.74, 6) is 0.952. The number of aromatic nitrogens is 2. The number of nitro groups is 1. The zero-order chi connectivity index (χ0) is 15.5. The summed E-state index contributed by atoms with van der Waals surface area (Å²) in [6, 6.07) is 0. The maximum Gasteiger partial charge on any atom is 0.372 e. The second-order valence-electron chi connectivity index (χ2n) is 6.01. The van der Waals surface area contributed by atoms with Gasteiger partial charge in [0, 0.05) is 12.5 Å². The van der Waals surface area contributed by atoms with Crippen LogP contribution in [0.25, 0.3) is 0 Å². The van der Waals surface area contributed by atoms with Crippen LogP contribution >= 0.6 is 0 Å². The third-order valence-corrected chi connectivity index (χ3v) is 2.50. The number of ether oxygens (including phenoxy) is 1. The highest BCUT2D eigenvalue weighted by atomic mass is 16.6. The zero-order valence-electron chi connectivity index (χ0n) is 12.9. The first-order chi connectivity index (χ1) is 9.16. The molecule has 0 spiro atoms. The molecular formula is C13H22N4O3. The first kappa shape index (κ1) is 16.1. The van der Waals surface area contributed by atoms with E-state index in [0.717, 1.165) is 0 Å². The van der Waals surface area contributed by atoms with E-state index < -0.39 is 4.92 Å².